The number of rotatable bonds is 2. The predicted octanol–water partition coefficient (Wildman–Crippen LogP) is 4.42. The summed E-state index contributed by atoms with van der Waals surface area (Å²) in [5.74, 6) is 1.02. The summed E-state index contributed by atoms with van der Waals surface area (Å²) in [5, 5.41) is 21.3. The molecule has 0 spiro atoms. The van der Waals surface area contributed by atoms with Gasteiger partial charge >= 0.3 is 0 Å². The van der Waals surface area contributed by atoms with Gasteiger partial charge < -0.3 is 24.1 Å². The van der Waals surface area contributed by atoms with E-state index < -0.39 is 11.7 Å². The Labute approximate surface area is 179 Å². The maximum Gasteiger partial charge on any atom is 0.204 e. The van der Waals surface area contributed by atoms with Crippen molar-refractivity contribution in [2.45, 2.75) is 51.4 Å². The molecule has 0 fully saturated rings. The molecule has 6 heteroatoms. The summed E-state index contributed by atoms with van der Waals surface area (Å²) >= 11 is 0. The highest BCUT2D eigenvalue weighted by atomic mass is 16.5. The molecule has 0 unspecified atom stereocenters. The molecule has 0 aliphatic carbocycles. The highest BCUT2D eigenvalue weighted by Crippen LogP contribution is 2.43. The van der Waals surface area contributed by atoms with Crippen molar-refractivity contribution in [2.75, 3.05) is 0 Å². The molecule has 2 N–H and O–H groups in total. The van der Waals surface area contributed by atoms with E-state index in [1.54, 1.807) is 19.9 Å². The van der Waals surface area contributed by atoms with E-state index in [4.69, 9.17) is 13.9 Å². The highest BCUT2D eigenvalue weighted by Gasteiger charge is 2.37. The first-order valence-electron chi connectivity index (χ1n) is 10.3. The third-order valence-electron chi connectivity index (χ3n) is 5.91. The summed E-state index contributed by atoms with van der Waals surface area (Å²) in [6, 6.07) is 7.12. The molecular weight excluding hydrogens is 396 g/mol. The maximum atomic E-state index is 13.3. The van der Waals surface area contributed by atoms with Crippen molar-refractivity contribution in [3.63, 3.8) is 0 Å². The zero-order chi connectivity index (χ0) is 22.1. The molecule has 2 aromatic carbocycles. The lowest BCUT2D eigenvalue weighted by Crippen LogP contribution is -2.39. The van der Waals surface area contributed by atoms with Crippen LogP contribution in [-0.2, 0) is 6.42 Å². The van der Waals surface area contributed by atoms with E-state index in [0.29, 0.717) is 28.9 Å². The van der Waals surface area contributed by atoms with Crippen LogP contribution < -0.4 is 14.9 Å². The van der Waals surface area contributed by atoms with Gasteiger partial charge in [0.2, 0.25) is 5.43 Å². The predicted molar refractivity (Wildman–Crippen MR) is 118 cm³/mol. The number of benzene rings is 2. The SMILES string of the molecule is CC1(C)C=Cc2cc(-c3coc4cc5c(c(O)c4c3=O)C[C@@H](C(C)(C)O)O5)ccc2O1. The van der Waals surface area contributed by atoms with Gasteiger partial charge in [0.15, 0.2) is 0 Å². The monoisotopic (exact) mass is 420 g/mol. The number of phenols is 1. The minimum atomic E-state index is -1.09. The second-order valence-electron chi connectivity index (χ2n) is 9.31. The zero-order valence-electron chi connectivity index (χ0n) is 17.9. The van der Waals surface area contributed by atoms with Gasteiger partial charge in [0.1, 0.15) is 46.2 Å². The Balaban J connectivity index is 1.62. The Morgan fingerprint density at radius 2 is 1.94 bits per heavy atom. The van der Waals surface area contributed by atoms with E-state index in [0.717, 1.165) is 11.3 Å². The van der Waals surface area contributed by atoms with Crippen molar-refractivity contribution in [1.29, 1.82) is 0 Å². The van der Waals surface area contributed by atoms with Crippen molar-refractivity contribution in [2.24, 2.45) is 0 Å². The van der Waals surface area contributed by atoms with E-state index in [9.17, 15) is 15.0 Å². The molecule has 31 heavy (non-hydrogen) atoms. The number of aliphatic hydroxyl groups is 1. The maximum absolute atomic E-state index is 13.3. The third-order valence-corrected chi connectivity index (χ3v) is 5.91. The van der Waals surface area contributed by atoms with Crippen molar-refractivity contribution in [1.82, 2.24) is 0 Å². The van der Waals surface area contributed by atoms with E-state index in [1.807, 2.05) is 44.2 Å². The fourth-order valence-corrected chi connectivity index (χ4v) is 4.11. The lowest BCUT2D eigenvalue weighted by Gasteiger charge is -2.28. The fourth-order valence-electron chi connectivity index (χ4n) is 4.11. The summed E-state index contributed by atoms with van der Waals surface area (Å²) in [6.45, 7) is 7.26. The van der Waals surface area contributed by atoms with Crippen LogP contribution in [0.2, 0.25) is 0 Å². The standard InChI is InChI=1S/C25H24O6/c1-24(2)8-7-14-9-13(5-6-17(14)31-24)16-12-29-19-11-18-15(22(26)21(19)23(16)27)10-20(30-18)25(3,4)28/h5-9,11-12,20,26,28H,10H2,1-4H3/t20-/m0/s1. The Morgan fingerprint density at radius 1 is 1.16 bits per heavy atom. The van der Waals surface area contributed by atoms with Gasteiger partial charge in [-0.15, -0.1) is 0 Å². The van der Waals surface area contributed by atoms with Gasteiger partial charge in [-0.2, -0.15) is 0 Å². The summed E-state index contributed by atoms with van der Waals surface area (Å²) in [5.41, 5.74) is 0.844. The second-order valence-corrected chi connectivity index (χ2v) is 9.31. The van der Waals surface area contributed by atoms with Gasteiger partial charge in [-0.05, 0) is 51.5 Å². The molecule has 3 heterocycles. The Kier molecular flexibility index (Phi) is 4.05. The first-order chi connectivity index (χ1) is 14.5. The number of hydrogen-bond donors (Lipinski definition) is 2. The Hall–Kier alpha value is -3.25. The van der Waals surface area contributed by atoms with E-state index in [2.05, 4.69) is 0 Å². The molecule has 0 radical (unpaired) electrons. The molecule has 0 amide bonds. The number of aromatic hydroxyl groups is 1. The van der Waals surface area contributed by atoms with Crippen LogP contribution in [0, 0.1) is 0 Å². The largest absolute Gasteiger partial charge is 0.507 e. The van der Waals surface area contributed by atoms with Crippen LogP contribution >= 0.6 is 0 Å². The lowest BCUT2D eigenvalue weighted by atomic mass is 9.95. The summed E-state index contributed by atoms with van der Waals surface area (Å²) in [7, 11) is 0. The van der Waals surface area contributed by atoms with Crippen LogP contribution in [0.25, 0.3) is 28.2 Å². The second kappa shape index (κ2) is 6.37. The minimum Gasteiger partial charge on any atom is -0.507 e. The molecule has 0 saturated heterocycles. The smallest absolute Gasteiger partial charge is 0.204 e. The Morgan fingerprint density at radius 3 is 2.68 bits per heavy atom. The fraction of sp³-hybridized carbons (Fsp3) is 0.320. The topological polar surface area (TPSA) is 89.1 Å². The average Bonchev–Trinajstić information content (AvgIpc) is 3.12. The van der Waals surface area contributed by atoms with Crippen LogP contribution in [0.5, 0.6) is 17.2 Å². The van der Waals surface area contributed by atoms with Gasteiger partial charge in [0.05, 0.1) is 11.2 Å². The van der Waals surface area contributed by atoms with Crippen molar-refractivity contribution < 1.29 is 24.1 Å². The summed E-state index contributed by atoms with van der Waals surface area (Å²) in [4.78, 5) is 13.3. The highest BCUT2D eigenvalue weighted by molar-refractivity contribution is 5.90. The molecule has 0 saturated carbocycles. The van der Waals surface area contributed by atoms with Gasteiger partial charge in [-0.25, -0.2) is 0 Å². The van der Waals surface area contributed by atoms with Crippen LogP contribution in [0.15, 0.2) is 45.8 Å². The molecule has 6 nitrogen and oxygen atoms in total. The molecule has 2 aliphatic heterocycles. The Bertz CT molecular complexity index is 1310. The summed E-state index contributed by atoms with van der Waals surface area (Å²) < 4.78 is 17.5. The van der Waals surface area contributed by atoms with Gasteiger partial charge in [0, 0.05) is 23.6 Å². The van der Waals surface area contributed by atoms with Crippen LogP contribution in [0.3, 0.4) is 0 Å². The average molecular weight is 420 g/mol. The van der Waals surface area contributed by atoms with Crippen LogP contribution in [0.1, 0.15) is 38.8 Å². The third kappa shape index (κ3) is 3.18. The molecule has 3 aromatic rings. The first-order valence-corrected chi connectivity index (χ1v) is 10.3. The molecule has 160 valence electrons. The lowest BCUT2D eigenvalue weighted by molar-refractivity contribution is -0.0229. The minimum absolute atomic E-state index is 0.113. The molecule has 0 bridgehead atoms. The molecule has 1 atom stereocenters. The number of fused-ring (bicyclic) bond motifs is 3. The zero-order valence-corrected chi connectivity index (χ0v) is 17.9. The van der Waals surface area contributed by atoms with Crippen molar-refractivity contribution in [3.05, 3.63) is 58.0 Å². The summed E-state index contributed by atoms with van der Waals surface area (Å²) in [6.07, 6.45) is 5.13. The number of hydrogen-bond acceptors (Lipinski definition) is 6. The molecule has 1 aromatic heterocycles. The quantitative estimate of drug-likeness (QED) is 0.638. The van der Waals surface area contributed by atoms with Gasteiger partial charge in [-0.3, -0.25) is 4.79 Å². The van der Waals surface area contributed by atoms with Crippen molar-refractivity contribution >= 4 is 17.0 Å². The van der Waals surface area contributed by atoms with Crippen LogP contribution in [0.4, 0.5) is 0 Å². The normalized spacial score (nSPS) is 18.9. The number of phenolic OH excluding ortho intramolecular Hbond substituents is 1. The van der Waals surface area contributed by atoms with Crippen molar-refractivity contribution in [3.8, 4) is 28.4 Å². The van der Waals surface area contributed by atoms with Crippen LogP contribution in [-0.4, -0.2) is 27.5 Å². The van der Waals surface area contributed by atoms with Gasteiger partial charge in [0.25, 0.3) is 0 Å². The molecule has 5 rings (SSSR count). The van der Waals surface area contributed by atoms with E-state index in [1.165, 1.54) is 6.26 Å². The molecular formula is C25H24O6. The molecule has 2 aliphatic rings. The van der Waals surface area contributed by atoms with E-state index >= 15 is 0 Å². The van der Waals surface area contributed by atoms with E-state index in [-0.39, 0.29) is 27.7 Å². The first kappa shape index (κ1) is 19.7. The number of ether oxygens (including phenoxy) is 2. The van der Waals surface area contributed by atoms with Gasteiger partial charge in [-0.1, -0.05) is 12.1 Å².